The molecule has 0 N–H and O–H groups in total. The summed E-state index contributed by atoms with van der Waals surface area (Å²) in [5.41, 5.74) is 1.27. The van der Waals surface area contributed by atoms with Gasteiger partial charge in [-0.1, -0.05) is 30.3 Å². The van der Waals surface area contributed by atoms with Crippen molar-refractivity contribution in [3.8, 4) is 0 Å². The van der Waals surface area contributed by atoms with Gasteiger partial charge in [-0.05, 0) is 24.8 Å². The molecule has 2 fully saturated rings. The quantitative estimate of drug-likeness (QED) is 0.781. The molecule has 0 bridgehead atoms. The molecule has 2 aliphatic heterocycles. The van der Waals surface area contributed by atoms with Crippen molar-refractivity contribution in [2.24, 2.45) is 4.99 Å². The normalized spacial score (nSPS) is 28.5. The fraction of sp³-hybridized carbons (Fsp3) is 0.500. The lowest BCUT2D eigenvalue weighted by atomic mass is 9.94. The van der Waals surface area contributed by atoms with Crippen LogP contribution in [0.1, 0.15) is 30.9 Å². The van der Waals surface area contributed by atoms with Gasteiger partial charge in [0.2, 0.25) is 0 Å². The van der Waals surface area contributed by atoms with Crippen LogP contribution >= 0.6 is 12.4 Å². The maximum Gasteiger partial charge on any atom is 0.288 e. The highest BCUT2D eigenvalue weighted by atomic mass is 35.5. The molecule has 3 nitrogen and oxygen atoms in total. The number of ether oxygens (including phenoxy) is 1. The third-order valence-corrected chi connectivity index (χ3v) is 3.70. The van der Waals surface area contributed by atoms with Gasteiger partial charge in [-0.2, -0.15) is 0 Å². The first-order valence-corrected chi connectivity index (χ1v) is 6.35. The maximum atomic E-state index is 6.02. The molecule has 0 aromatic heterocycles. The van der Waals surface area contributed by atoms with Crippen LogP contribution < -0.4 is 0 Å². The minimum Gasteiger partial charge on any atom is -0.455 e. The molecule has 0 spiro atoms. The molecule has 2 saturated heterocycles. The number of hydrogen-bond donors (Lipinski definition) is 0. The standard InChI is InChI=1S/C14H18N2O.ClH/c1-15-14-16-10-6-5-9-12(16)13(17-14)11-7-3-2-4-8-11;/h2-4,7-8,12-13H,5-6,9-10H2,1H3;1H. The van der Waals surface area contributed by atoms with Gasteiger partial charge >= 0.3 is 0 Å². The maximum absolute atomic E-state index is 6.02. The number of nitrogens with zero attached hydrogens (tertiary/aromatic N) is 2. The molecule has 0 saturated carbocycles. The molecule has 0 aliphatic carbocycles. The number of piperidine rings is 1. The van der Waals surface area contributed by atoms with E-state index < -0.39 is 0 Å². The largest absolute Gasteiger partial charge is 0.455 e. The number of halogens is 1. The Labute approximate surface area is 114 Å². The van der Waals surface area contributed by atoms with Crippen LogP contribution in [0.5, 0.6) is 0 Å². The molecular formula is C14H19ClN2O. The number of amidine groups is 1. The molecule has 1 aromatic rings. The topological polar surface area (TPSA) is 24.8 Å². The summed E-state index contributed by atoms with van der Waals surface area (Å²) >= 11 is 0. The Hall–Kier alpha value is -1.22. The average Bonchev–Trinajstić information content (AvgIpc) is 2.78. The van der Waals surface area contributed by atoms with Crippen LogP contribution in [-0.4, -0.2) is 30.6 Å². The Morgan fingerprint density at radius 2 is 2.00 bits per heavy atom. The molecule has 2 unspecified atom stereocenters. The van der Waals surface area contributed by atoms with Crippen molar-refractivity contribution in [3.05, 3.63) is 35.9 Å². The van der Waals surface area contributed by atoms with Crippen molar-refractivity contribution in [1.29, 1.82) is 0 Å². The second-order valence-electron chi connectivity index (χ2n) is 4.71. The first-order valence-electron chi connectivity index (χ1n) is 6.35. The van der Waals surface area contributed by atoms with Gasteiger partial charge in [0.25, 0.3) is 6.02 Å². The average molecular weight is 267 g/mol. The van der Waals surface area contributed by atoms with Gasteiger partial charge < -0.3 is 9.64 Å². The first-order chi connectivity index (χ1) is 8.40. The van der Waals surface area contributed by atoms with E-state index in [1.54, 1.807) is 0 Å². The van der Waals surface area contributed by atoms with Gasteiger partial charge in [0.15, 0.2) is 0 Å². The second kappa shape index (κ2) is 5.61. The highest BCUT2D eigenvalue weighted by molar-refractivity contribution is 5.85. The van der Waals surface area contributed by atoms with Crippen LogP contribution in [0, 0.1) is 0 Å². The van der Waals surface area contributed by atoms with E-state index >= 15 is 0 Å². The molecular weight excluding hydrogens is 248 g/mol. The number of fused-ring (bicyclic) bond motifs is 1. The lowest BCUT2D eigenvalue weighted by molar-refractivity contribution is 0.168. The highest BCUT2D eigenvalue weighted by Gasteiger charge is 2.41. The lowest BCUT2D eigenvalue weighted by Crippen LogP contribution is -2.38. The summed E-state index contributed by atoms with van der Waals surface area (Å²) in [6.45, 7) is 1.08. The Bertz CT molecular complexity index is 421. The van der Waals surface area contributed by atoms with Gasteiger partial charge in [0, 0.05) is 13.6 Å². The molecule has 2 aliphatic rings. The lowest BCUT2D eigenvalue weighted by Gasteiger charge is -2.30. The van der Waals surface area contributed by atoms with Crippen LogP contribution in [0.25, 0.3) is 0 Å². The van der Waals surface area contributed by atoms with Crippen LogP contribution in [0.3, 0.4) is 0 Å². The molecule has 4 heteroatoms. The van der Waals surface area contributed by atoms with Gasteiger partial charge in [-0.25, -0.2) is 4.99 Å². The van der Waals surface area contributed by atoms with Crippen molar-refractivity contribution in [3.63, 3.8) is 0 Å². The molecule has 3 rings (SSSR count). The molecule has 0 radical (unpaired) electrons. The van der Waals surface area contributed by atoms with E-state index in [-0.39, 0.29) is 18.5 Å². The van der Waals surface area contributed by atoms with Crippen molar-refractivity contribution in [2.75, 3.05) is 13.6 Å². The summed E-state index contributed by atoms with van der Waals surface area (Å²) in [6.07, 6.45) is 3.92. The van der Waals surface area contributed by atoms with Crippen molar-refractivity contribution < 1.29 is 4.74 Å². The fourth-order valence-corrected chi connectivity index (χ4v) is 2.88. The summed E-state index contributed by atoms with van der Waals surface area (Å²) in [5.74, 6) is 0. The number of aliphatic imine (C=N–C) groups is 1. The van der Waals surface area contributed by atoms with Gasteiger partial charge in [-0.15, -0.1) is 12.4 Å². The van der Waals surface area contributed by atoms with Gasteiger partial charge in [0.05, 0.1) is 6.04 Å². The monoisotopic (exact) mass is 266 g/mol. The Balaban J connectivity index is 0.00000120. The molecule has 98 valence electrons. The number of benzene rings is 1. The fourth-order valence-electron chi connectivity index (χ4n) is 2.88. The molecule has 2 atom stereocenters. The zero-order valence-electron chi connectivity index (χ0n) is 10.6. The van der Waals surface area contributed by atoms with Crippen molar-refractivity contribution in [2.45, 2.75) is 31.4 Å². The Kier molecular flexibility index (Phi) is 4.12. The minimum absolute atomic E-state index is 0. The van der Waals surface area contributed by atoms with Crippen LogP contribution in [0.2, 0.25) is 0 Å². The van der Waals surface area contributed by atoms with Crippen LogP contribution in [0.4, 0.5) is 0 Å². The Morgan fingerprint density at radius 3 is 2.72 bits per heavy atom. The van der Waals surface area contributed by atoms with E-state index in [0.717, 1.165) is 12.6 Å². The summed E-state index contributed by atoms with van der Waals surface area (Å²) in [7, 11) is 1.81. The first kappa shape index (κ1) is 13.2. The summed E-state index contributed by atoms with van der Waals surface area (Å²) < 4.78 is 6.02. The van der Waals surface area contributed by atoms with Crippen molar-refractivity contribution >= 4 is 18.4 Å². The smallest absolute Gasteiger partial charge is 0.288 e. The van der Waals surface area contributed by atoms with E-state index in [4.69, 9.17) is 4.74 Å². The third-order valence-electron chi connectivity index (χ3n) is 3.70. The number of rotatable bonds is 1. The minimum atomic E-state index is 0. The predicted molar refractivity (Wildman–Crippen MR) is 75.2 cm³/mol. The zero-order chi connectivity index (χ0) is 11.7. The number of hydrogen-bond acceptors (Lipinski definition) is 2. The van der Waals surface area contributed by atoms with Crippen molar-refractivity contribution in [1.82, 2.24) is 4.90 Å². The Morgan fingerprint density at radius 1 is 1.22 bits per heavy atom. The third kappa shape index (κ3) is 2.19. The van der Waals surface area contributed by atoms with E-state index in [2.05, 4.69) is 34.2 Å². The highest BCUT2D eigenvalue weighted by Crippen LogP contribution is 2.37. The summed E-state index contributed by atoms with van der Waals surface area (Å²) in [5, 5.41) is 0. The van der Waals surface area contributed by atoms with E-state index in [0.29, 0.717) is 6.04 Å². The van der Waals surface area contributed by atoms with Crippen LogP contribution in [-0.2, 0) is 4.74 Å². The summed E-state index contributed by atoms with van der Waals surface area (Å²) in [4.78, 5) is 6.60. The van der Waals surface area contributed by atoms with E-state index in [9.17, 15) is 0 Å². The van der Waals surface area contributed by atoms with Crippen LogP contribution in [0.15, 0.2) is 35.3 Å². The van der Waals surface area contributed by atoms with Gasteiger partial charge in [0.1, 0.15) is 6.10 Å². The molecule has 2 heterocycles. The van der Waals surface area contributed by atoms with Gasteiger partial charge in [-0.3, -0.25) is 0 Å². The molecule has 0 amide bonds. The van der Waals surface area contributed by atoms with E-state index in [1.807, 2.05) is 13.1 Å². The summed E-state index contributed by atoms with van der Waals surface area (Å²) in [6, 6.07) is 11.8. The predicted octanol–water partition coefficient (Wildman–Crippen LogP) is 3.02. The molecule has 18 heavy (non-hydrogen) atoms. The SMILES string of the molecule is CN=C1OC(c2ccccc2)C2CCCCN12.Cl. The second-order valence-corrected chi connectivity index (χ2v) is 4.71. The van der Waals surface area contributed by atoms with E-state index in [1.165, 1.54) is 24.8 Å². The zero-order valence-corrected chi connectivity index (χ0v) is 11.4. The molecule has 1 aromatic carbocycles.